The number of phenols is 1. The first-order valence-corrected chi connectivity index (χ1v) is 7.23. The lowest BCUT2D eigenvalue weighted by Gasteiger charge is -2.31. The van der Waals surface area contributed by atoms with Crippen LogP contribution in [0.5, 0.6) is 5.75 Å². The first kappa shape index (κ1) is 16.1. The van der Waals surface area contributed by atoms with Crippen molar-refractivity contribution in [1.29, 1.82) is 0 Å². The minimum Gasteiger partial charge on any atom is -0.507 e. The highest BCUT2D eigenvalue weighted by Crippen LogP contribution is 2.41. The van der Waals surface area contributed by atoms with E-state index >= 15 is 0 Å². The normalized spacial score (nSPS) is 21.3. The van der Waals surface area contributed by atoms with Gasteiger partial charge in [-0.1, -0.05) is 26.0 Å². The molecule has 1 heterocycles. The molecule has 0 aliphatic carbocycles. The van der Waals surface area contributed by atoms with Gasteiger partial charge in [0.25, 0.3) is 5.91 Å². The van der Waals surface area contributed by atoms with E-state index in [0.29, 0.717) is 5.56 Å². The average molecular weight is 303 g/mol. The van der Waals surface area contributed by atoms with Crippen LogP contribution in [0.25, 0.3) is 5.57 Å². The molecule has 1 aliphatic rings. The van der Waals surface area contributed by atoms with Crippen LogP contribution in [0.1, 0.15) is 38.8 Å². The predicted molar refractivity (Wildman–Crippen MR) is 82.9 cm³/mol. The van der Waals surface area contributed by atoms with Crippen molar-refractivity contribution in [3.05, 3.63) is 35.1 Å². The fourth-order valence-electron chi connectivity index (χ4n) is 2.63. The first-order chi connectivity index (χ1) is 10.2. The predicted octanol–water partition coefficient (Wildman–Crippen LogP) is 2.52. The molecule has 0 aromatic heterocycles. The fraction of sp³-hybridized carbons (Fsp3) is 0.412. The number of benzene rings is 1. The van der Waals surface area contributed by atoms with E-state index in [1.807, 2.05) is 20.8 Å². The van der Waals surface area contributed by atoms with E-state index in [4.69, 9.17) is 4.74 Å². The molecule has 0 saturated heterocycles. The van der Waals surface area contributed by atoms with Crippen LogP contribution in [-0.2, 0) is 14.3 Å². The van der Waals surface area contributed by atoms with E-state index in [2.05, 4.69) is 5.32 Å². The summed E-state index contributed by atoms with van der Waals surface area (Å²) in [5, 5.41) is 13.1. The summed E-state index contributed by atoms with van der Waals surface area (Å²) in [6, 6.07) is 5.01. The zero-order chi connectivity index (χ0) is 16.7. The van der Waals surface area contributed by atoms with E-state index in [0.717, 1.165) is 5.56 Å². The number of ether oxygens (including phenoxy) is 1. The van der Waals surface area contributed by atoms with Gasteiger partial charge >= 0.3 is 5.97 Å². The molecular weight excluding hydrogens is 282 g/mol. The van der Waals surface area contributed by atoms with Crippen molar-refractivity contribution in [2.75, 3.05) is 0 Å². The average Bonchev–Trinajstić information content (AvgIpc) is 2.63. The second kappa shape index (κ2) is 5.48. The summed E-state index contributed by atoms with van der Waals surface area (Å²) in [4.78, 5) is 24.0. The lowest BCUT2D eigenvalue weighted by molar-refractivity contribution is -0.138. The molecule has 0 spiro atoms. The highest BCUT2D eigenvalue weighted by Gasteiger charge is 2.47. The van der Waals surface area contributed by atoms with Crippen molar-refractivity contribution in [2.45, 2.75) is 40.2 Å². The lowest BCUT2D eigenvalue weighted by atomic mass is 9.86. The van der Waals surface area contributed by atoms with Crippen molar-refractivity contribution in [2.24, 2.45) is 5.92 Å². The smallest absolute Gasteiger partial charge is 0.307 e. The number of aromatic hydroxyl groups is 1. The summed E-state index contributed by atoms with van der Waals surface area (Å²) in [6.45, 7) is 8.78. The quantitative estimate of drug-likeness (QED) is 0.841. The van der Waals surface area contributed by atoms with Gasteiger partial charge in [0.2, 0.25) is 0 Å². The van der Waals surface area contributed by atoms with Gasteiger partial charge in [-0.2, -0.15) is 0 Å². The summed E-state index contributed by atoms with van der Waals surface area (Å²) in [5.41, 5.74) is 0.567. The minimum absolute atomic E-state index is 0.00876. The molecule has 1 atom stereocenters. The van der Waals surface area contributed by atoms with Crippen molar-refractivity contribution < 1.29 is 19.4 Å². The van der Waals surface area contributed by atoms with Gasteiger partial charge in [0.1, 0.15) is 11.5 Å². The Balaban J connectivity index is 2.76. The minimum atomic E-state index is -0.799. The number of rotatable bonds is 3. The number of hydrogen-bond donors (Lipinski definition) is 2. The van der Waals surface area contributed by atoms with Gasteiger partial charge in [-0.25, -0.2) is 0 Å². The Bertz CT molecular complexity index is 655. The first-order valence-electron chi connectivity index (χ1n) is 7.23. The molecule has 1 aliphatic heterocycles. The van der Waals surface area contributed by atoms with Crippen LogP contribution in [-0.4, -0.2) is 22.5 Å². The Morgan fingerprint density at radius 3 is 2.50 bits per heavy atom. The summed E-state index contributed by atoms with van der Waals surface area (Å²) in [5.74, 6) is -0.581. The zero-order valence-corrected chi connectivity index (χ0v) is 13.5. The Morgan fingerprint density at radius 1 is 1.36 bits per heavy atom. The molecule has 1 unspecified atom stereocenters. The molecule has 2 rings (SSSR count). The largest absolute Gasteiger partial charge is 0.507 e. The van der Waals surface area contributed by atoms with E-state index in [1.165, 1.54) is 13.0 Å². The second-order valence-electron chi connectivity index (χ2n) is 6.08. The highest BCUT2D eigenvalue weighted by atomic mass is 16.5. The summed E-state index contributed by atoms with van der Waals surface area (Å²) < 4.78 is 5.38. The van der Waals surface area contributed by atoms with Crippen molar-refractivity contribution >= 4 is 17.4 Å². The Hall–Kier alpha value is -2.30. The van der Waals surface area contributed by atoms with Crippen molar-refractivity contribution in [3.8, 4) is 5.75 Å². The van der Waals surface area contributed by atoms with E-state index in [-0.39, 0.29) is 28.9 Å². The van der Waals surface area contributed by atoms with Crippen LogP contribution in [0.15, 0.2) is 24.0 Å². The zero-order valence-electron chi connectivity index (χ0n) is 13.5. The second-order valence-corrected chi connectivity index (χ2v) is 6.08. The van der Waals surface area contributed by atoms with Crippen LogP contribution in [0.4, 0.5) is 0 Å². The maximum Gasteiger partial charge on any atom is 0.307 e. The van der Waals surface area contributed by atoms with Crippen LogP contribution in [0, 0.1) is 12.8 Å². The standard InChI is InChI=1S/C17H21NO4/c1-9(2)17(5)15(22-11(4)19)14(16(21)18-17)13-10(3)7-6-8-12(13)20/h6-9,20H,1-5H3,(H,18,21). The Morgan fingerprint density at radius 2 is 2.00 bits per heavy atom. The molecule has 1 aromatic rings. The summed E-state index contributed by atoms with van der Waals surface area (Å²) in [7, 11) is 0. The SMILES string of the molecule is CC(=O)OC1=C(c2c(C)cccc2O)C(=O)NC1(C)C(C)C. The number of nitrogens with one attached hydrogen (secondary N) is 1. The summed E-state index contributed by atoms with van der Waals surface area (Å²) >= 11 is 0. The third kappa shape index (κ3) is 2.47. The highest BCUT2D eigenvalue weighted by molar-refractivity contribution is 6.24. The van der Waals surface area contributed by atoms with Crippen molar-refractivity contribution in [3.63, 3.8) is 0 Å². The van der Waals surface area contributed by atoms with Gasteiger partial charge < -0.3 is 15.2 Å². The van der Waals surface area contributed by atoms with Gasteiger partial charge in [0.05, 0.1) is 11.1 Å². The van der Waals surface area contributed by atoms with E-state index in [9.17, 15) is 14.7 Å². The molecular formula is C17H21NO4. The topological polar surface area (TPSA) is 75.6 Å². The van der Waals surface area contributed by atoms with Gasteiger partial charge in [-0.05, 0) is 31.4 Å². The maximum absolute atomic E-state index is 12.5. The van der Waals surface area contributed by atoms with Crippen LogP contribution >= 0.6 is 0 Å². The van der Waals surface area contributed by atoms with Gasteiger partial charge in [0, 0.05) is 12.5 Å². The molecule has 1 aromatic carbocycles. The summed E-state index contributed by atoms with van der Waals surface area (Å²) in [6.07, 6.45) is 0. The Kier molecular flexibility index (Phi) is 4.00. The molecule has 22 heavy (non-hydrogen) atoms. The number of hydrogen-bond acceptors (Lipinski definition) is 4. The molecule has 0 fully saturated rings. The fourth-order valence-corrected chi connectivity index (χ4v) is 2.63. The van der Waals surface area contributed by atoms with Crippen molar-refractivity contribution in [1.82, 2.24) is 5.32 Å². The van der Waals surface area contributed by atoms with Gasteiger partial charge in [0.15, 0.2) is 0 Å². The molecule has 0 bridgehead atoms. The lowest BCUT2D eigenvalue weighted by Crippen LogP contribution is -2.46. The van der Waals surface area contributed by atoms with Crippen LogP contribution in [0.3, 0.4) is 0 Å². The Labute approximate surface area is 130 Å². The number of carbonyl (C=O) groups is 2. The monoisotopic (exact) mass is 303 g/mol. The number of aryl methyl sites for hydroxylation is 1. The van der Waals surface area contributed by atoms with E-state index in [1.54, 1.807) is 19.1 Å². The van der Waals surface area contributed by atoms with Gasteiger partial charge in [-0.15, -0.1) is 0 Å². The molecule has 1 amide bonds. The van der Waals surface area contributed by atoms with Crippen LogP contribution < -0.4 is 5.32 Å². The molecule has 0 saturated carbocycles. The van der Waals surface area contributed by atoms with E-state index < -0.39 is 11.5 Å². The maximum atomic E-state index is 12.5. The van der Waals surface area contributed by atoms with Crippen LogP contribution in [0.2, 0.25) is 0 Å². The number of phenolic OH excluding ortho intramolecular Hbond substituents is 1. The molecule has 118 valence electrons. The molecule has 2 N–H and O–H groups in total. The number of carbonyl (C=O) groups excluding carboxylic acids is 2. The number of amides is 1. The molecule has 5 heteroatoms. The molecule has 0 radical (unpaired) electrons. The third-order valence-electron chi connectivity index (χ3n) is 4.20. The van der Waals surface area contributed by atoms with Gasteiger partial charge in [-0.3, -0.25) is 9.59 Å². The third-order valence-corrected chi connectivity index (χ3v) is 4.20. The molecule has 5 nitrogen and oxygen atoms in total. The number of esters is 1.